The van der Waals surface area contributed by atoms with Gasteiger partial charge in [-0.3, -0.25) is 0 Å². The fraction of sp³-hybridized carbons (Fsp3) is 0.182. The van der Waals surface area contributed by atoms with Crippen molar-refractivity contribution in [3.63, 3.8) is 0 Å². The number of benzene rings is 2. The summed E-state index contributed by atoms with van der Waals surface area (Å²) in [4.78, 5) is 12.2. The highest BCUT2D eigenvalue weighted by molar-refractivity contribution is 7.17. The van der Waals surface area contributed by atoms with Gasteiger partial charge in [0, 0.05) is 22.5 Å². The van der Waals surface area contributed by atoms with E-state index in [1.54, 1.807) is 17.7 Å². The first-order valence-electron chi connectivity index (χ1n) is 9.07. The van der Waals surface area contributed by atoms with E-state index in [0.717, 1.165) is 38.7 Å². The van der Waals surface area contributed by atoms with Gasteiger partial charge in [0.1, 0.15) is 17.0 Å². The number of rotatable bonds is 6. The van der Waals surface area contributed by atoms with E-state index in [1.807, 2.05) is 30.3 Å². The summed E-state index contributed by atoms with van der Waals surface area (Å²) in [5.41, 5.74) is 3.51. The quantitative estimate of drug-likeness (QED) is 0.442. The van der Waals surface area contributed by atoms with E-state index >= 15 is 0 Å². The van der Waals surface area contributed by atoms with Crippen LogP contribution in [-0.4, -0.2) is 35.5 Å². The van der Waals surface area contributed by atoms with Crippen LogP contribution in [0.15, 0.2) is 66.3 Å². The van der Waals surface area contributed by atoms with E-state index in [-0.39, 0.29) is 6.04 Å². The Morgan fingerprint density at radius 3 is 2.50 bits per heavy atom. The van der Waals surface area contributed by atoms with Crippen molar-refractivity contribution in [3.05, 3.63) is 76.9 Å². The second-order valence-electron chi connectivity index (χ2n) is 6.83. The molecule has 0 spiro atoms. The molecular weight excluding hydrogens is 388 g/mol. The lowest BCUT2D eigenvalue weighted by Crippen LogP contribution is -2.27. The van der Waals surface area contributed by atoms with Gasteiger partial charge in [0.25, 0.3) is 0 Å². The van der Waals surface area contributed by atoms with E-state index < -0.39 is 0 Å². The predicted octanol–water partition coefficient (Wildman–Crippen LogP) is 5.73. The van der Waals surface area contributed by atoms with Crippen molar-refractivity contribution in [1.29, 1.82) is 0 Å². The number of fused-ring (bicyclic) bond motifs is 1. The Balaban J connectivity index is 1.67. The molecule has 0 radical (unpaired) electrons. The van der Waals surface area contributed by atoms with Crippen LogP contribution < -0.4 is 5.32 Å². The lowest BCUT2D eigenvalue weighted by molar-refractivity contribution is 0.311. The molecule has 6 heteroatoms. The van der Waals surface area contributed by atoms with E-state index in [0.29, 0.717) is 0 Å². The molecule has 0 aliphatic heterocycles. The molecule has 0 fully saturated rings. The average Bonchev–Trinajstić information content (AvgIpc) is 3.14. The van der Waals surface area contributed by atoms with Gasteiger partial charge >= 0.3 is 0 Å². The number of hydrogen-bond donors (Lipinski definition) is 1. The molecule has 4 aromatic rings. The fourth-order valence-corrected chi connectivity index (χ4v) is 4.36. The highest BCUT2D eigenvalue weighted by Gasteiger charge is 2.17. The molecular formula is C22H21ClN4S. The van der Waals surface area contributed by atoms with Gasteiger partial charge in [-0.2, -0.15) is 0 Å². The number of thiophene rings is 1. The highest BCUT2D eigenvalue weighted by atomic mass is 35.5. The number of hydrogen-bond acceptors (Lipinski definition) is 5. The molecule has 2 aromatic heterocycles. The molecule has 4 rings (SSSR count). The Bertz CT molecular complexity index is 1060. The summed E-state index contributed by atoms with van der Waals surface area (Å²) in [6, 6.07) is 18.6. The van der Waals surface area contributed by atoms with Crippen molar-refractivity contribution in [2.24, 2.45) is 0 Å². The van der Waals surface area contributed by atoms with Gasteiger partial charge in [0.2, 0.25) is 0 Å². The van der Waals surface area contributed by atoms with Crippen LogP contribution in [0.2, 0.25) is 5.02 Å². The summed E-state index contributed by atoms with van der Waals surface area (Å²) < 4.78 is 0. The third kappa shape index (κ3) is 3.87. The lowest BCUT2D eigenvalue weighted by atomic mass is 10.0. The number of nitrogens with zero attached hydrogens (tertiary/aromatic N) is 3. The Labute approximate surface area is 173 Å². The molecule has 1 N–H and O–H groups in total. The molecule has 0 aliphatic rings. The Kier molecular flexibility index (Phi) is 5.57. The van der Waals surface area contributed by atoms with Crippen LogP contribution in [0.4, 0.5) is 5.82 Å². The Morgan fingerprint density at radius 2 is 1.79 bits per heavy atom. The van der Waals surface area contributed by atoms with Crippen molar-refractivity contribution < 1.29 is 0 Å². The summed E-state index contributed by atoms with van der Waals surface area (Å²) in [5.74, 6) is 0.860. The van der Waals surface area contributed by atoms with Gasteiger partial charge in [-0.25, -0.2) is 9.97 Å². The smallest absolute Gasteiger partial charge is 0.138 e. The molecule has 2 heterocycles. The van der Waals surface area contributed by atoms with Crippen molar-refractivity contribution in [1.82, 2.24) is 14.9 Å². The summed E-state index contributed by atoms with van der Waals surface area (Å²) >= 11 is 7.69. The number of aromatic nitrogens is 2. The third-order valence-corrected chi connectivity index (χ3v) is 5.93. The molecule has 1 atom stereocenters. The standard InChI is InChI=1S/C22H21ClN4S/c1-27(2)19(16-6-4-3-5-7-16)12-24-21-20-18(13-28-22(20)26-14-25-21)15-8-10-17(23)11-9-15/h3-11,13-14,19H,12H2,1-2H3,(H,24,25,26). The van der Waals surface area contributed by atoms with Crippen molar-refractivity contribution in [3.8, 4) is 11.1 Å². The van der Waals surface area contributed by atoms with E-state index in [2.05, 4.69) is 63.9 Å². The van der Waals surface area contributed by atoms with Gasteiger partial charge in [-0.05, 0) is 37.4 Å². The van der Waals surface area contributed by atoms with Crippen LogP contribution in [0.5, 0.6) is 0 Å². The van der Waals surface area contributed by atoms with Crippen LogP contribution in [0, 0.1) is 0 Å². The minimum absolute atomic E-state index is 0.240. The van der Waals surface area contributed by atoms with Crippen LogP contribution in [-0.2, 0) is 0 Å². The minimum Gasteiger partial charge on any atom is -0.367 e. The zero-order chi connectivity index (χ0) is 19.5. The van der Waals surface area contributed by atoms with Crippen LogP contribution >= 0.6 is 22.9 Å². The van der Waals surface area contributed by atoms with E-state index in [1.165, 1.54) is 5.56 Å². The molecule has 2 aromatic carbocycles. The third-order valence-electron chi connectivity index (χ3n) is 4.80. The Morgan fingerprint density at radius 1 is 1.04 bits per heavy atom. The Hall–Kier alpha value is -2.47. The largest absolute Gasteiger partial charge is 0.367 e. The molecule has 4 nitrogen and oxygen atoms in total. The monoisotopic (exact) mass is 408 g/mol. The molecule has 28 heavy (non-hydrogen) atoms. The molecule has 0 saturated heterocycles. The lowest BCUT2D eigenvalue weighted by Gasteiger charge is -2.25. The van der Waals surface area contributed by atoms with Gasteiger partial charge < -0.3 is 10.2 Å². The highest BCUT2D eigenvalue weighted by Crippen LogP contribution is 2.37. The van der Waals surface area contributed by atoms with Gasteiger partial charge in [-0.1, -0.05) is 54.1 Å². The summed E-state index contributed by atoms with van der Waals surface area (Å²) in [6.45, 7) is 0.749. The van der Waals surface area contributed by atoms with Gasteiger partial charge in [0.15, 0.2) is 0 Å². The van der Waals surface area contributed by atoms with Crippen molar-refractivity contribution in [2.75, 3.05) is 26.0 Å². The fourth-order valence-electron chi connectivity index (χ4n) is 3.32. The topological polar surface area (TPSA) is 41.0 Å². The van der Waals surface area contributed by atoms with E-state index in [4.69, 9.17) is 11.6 Å². The zero-order valence-electron chi connectivity index (χ0n) is 15.8. The molecule has 0 amide bonds. The first-order valence-corrected chi connectivity index (χ1v) is 10.3. The normalized spacial score (nSPS) is 12.4. The molecule has 0 saturated carbocycles. The summed E-state index contributed by atoms with van der Waals surface area (Å²) in [6.07, 6.45) is 1.62. The maximum atomic E-state index is 6.06. The first-order chi connectivity index (χ1) is 13.6. The number of likely N-dealkylation sites (N-methyl/N-ethyl adjacent to an activating group) is 1. The molecule has 1 unspecified atom stereocenters. The van der Waals surface area contributed by atoms with E-state index in [9.17, 15) is 0 Å². The van der Waals surface area contributed by atoms with Gasteiger partial charge in [0.05, 0.1) is 11.4 Å². The zero-order valence-corrected chi connectivity index (χ0v) is 17.3. The predicted molar refractivity (Wildman–Crippen MR) is 119 cm³/mol. The maximum absolute atomic E-state index is 6.06. The second-order valence-corrected chi connectivity index (χ2v) is 8.12. The van der Waals surface area contributed by atoms with Crippen LogP contribution in [0.25, 0.3) is 21.3 Å². The van der Waals surface area contributed by atoms with Crippen molar-refractivity contribution in [2.45, 2.75) is 6.04 Å². The number of anilines is 1. The number of halogens is 1. The SMILES string of the molecule is CN(C)C(CNc1ncnc2scc(-c3ccc(Cl)cc3)c12)c1ccccc1. The first kappa shape index (κ1) is 18.9. The molecule has 142 valence electrons. The van der Waals surface area contributed by atoms with Crippen LogP contribution in [0.1, 0.15) is 11.6 Å². The van der Waals surface area contributed by atoms with Crippen molar-refractivity contribution >= 4 is 39.0 Å². The molecule has 0 bridgehead atoms. The summed E-state index contributed by atoms with van der Waals surface area (Å²) in [7, 11) is 4.19. The molecule has 0 aliphatic carbocycles. The summed E-state index contributed by atoms with van der Waals surface area (Å²) in [5, 5.41) is 7.48. The number of nitrogens with one attached hydrogen (secondary N) is 1. The van der Waals surface area contributed by atoms with Gasteiger partial charge in [-0.15, -0.1) is 11.3 Å². The minimum atomic E-state index is 0.240. The second kappa shape index (κ2) is 8.27. The average molecular weight is 409 g/mol. The van der Waals surface area contributed by atoms with Crippen LogP contribution in [0.3, 0.4) is 0 Å². The maximum Gasteiger partial charge on any atom is 0.138 e.